The molecule has 1 heterocycles. The van der Waals surface area contributed by atoms with Gasteiger partial charge in [0.25, 0.3) is 5.91 Å². The molecule has 0 radical (unpaired) electrons. The van der Waals surface area contributed by atoms with Crippen LogP contribution in [-0.2, 0) is 4.79 Å². The quantitative estimate of drug-likeness (QED) is 0.922. The standard InChI is InChI=1S/C17H24N2O2/c1-2-8-16(20)18-15-10-7-9-14(13-15)17(21)19-11-5-3-4-6-12-19/h7,9-10,13H,2-6,8,11-12H2,1H3,(H,18,20). The molecular weight excluding hydrogens is 264 g/mol. The number of likely N-dealkylation sites (tertiary alicyclic amines) is 1. The molecule has 1 aromatic rings. The van der Waals surface area contributed by atoms with E-state index in [1.807, 2.05) is 30.0 Å². The number of carbonyl (C=O) groups is 2. The Kier molecular flexibility index (Phi) is 5.78. The van der Waals surface area contributed by atoms with Crippen molar-refractivity contribution in [3.8, 4) is 0 Å². The highest BCUT2D eigenvalue weighted by Gasteiger charge is 2.17. The third kappa shape index (κ3) is 4.59. The molecule has 0 unspecified atom stereocenters. The molecule has 0 spiro atoms. The molecule has 0 atom stereocenters. The van der Waals surface area contributed by atoms with E-state index in [2.05, 4.69) is 5.32 Å². The van der Waals surface area contributed by atoms with Crippen molar-refractivity contribution in [2.45, 2.75) is 45.4 Å². The zero-order valence-electron chi connectivity index (χ0n) is 12.7. The van der Waals surface area contributed by atoms with Gasteiger partial charge >= 0.3 is 0 Å². The first-order chi connectivity index (χ1) is 10.2. The van der Waals surface area contributed by atoms with E-state index in [1.165, 1.54) is 12.8 Å². The number of hydrogen-bond acceptors (Lipinski definition) is 2. The van der Waals surface area contributed by atoms with Gasteiger partial charge in [-0.2, -0.15) is 0 Å². The Hall–Kier alpha value is -1.84. The van der Waals surface area contributed by atoms with Crippen LogP contribution < -0.4 is 5.32 Å². The van der Waals surface area contributed by atoms with Crippen LogP contribution >= 0.6 is 0 Å². The summed E-state index contributed by atoms with van der Waals surface area (Å²) >= 11 is 0. The average Bonchev–Trinajstić information content (AvgIpc) is 2.76. The van der Waals surface area contributed by atoms with Crippen LogP contribution in [-0.4, -0.2) is 29.8 Å². The molecule has 0 aliphatic carbocycles. The van der Waals surface area contributed by atoms with E-state index in [0.29, 0.717) is 17.7 Å². The maximum atomic E-state index is 12.5. The van der Waals surface area contributed by atoms with Gasteiger partial charge in [0.2, 0.25) is 5.91 Å². The highest BCUT2D eigenvalue weighted by atomic mass is 16.2. The molecule has 114 valence electrons. The van der Waals surface area contributed by atoms with E-state index in [1.54, 1.807) is 6.07 Å². The molecular formula is C17H24N2O2. The minimum absolute atomic E-state index is 0.00290. The normalized spacial score (nSPS) is 15.4. The second-order valence-electron chi connectivity index (χ2n) is 5.59. The molecule has 1 N–H and O–H groups in total. The Labute approximate surface area is 126 Å². The van der Waals surface area contributed by atoms with Gasteiger partial charge in [0, 0.05) is 30.8 Å². The monoisotopic (exact) mass is 288 g/mol. The minimum Gasteiger partial charge on any atom is -0.339 e. The Balaban J connectivity index is 2.05. The van der Waals surface area contributed by atoms with Gasteiger partial charge in [-0.1, -0.05) is 25.8 Å². The van der Waals surface area contributed by atoms with Crippen molar-refractivity contribution < 1.29 is 9.59 Å². The lowest BCUT2D eigenvalue weighted by molar-refractivity contribution is -0.116. The first-order valence-electron chi connectivity index (χ1n) is 7.90. The summed E-state index contributed by atoms with van der Waals surface area (Å²) in [6.07, 6.45) is 5.90. The Morgan fingerprint density at radius 2 is 1.86 bits per heavy atom. The molecule has 4 nitrogen and oxygen atoms in total. The van der Waals surface area contributed by atoms with E-state index >= 15 is 0 Å². The number of nitrogens with one attached hydrogen (secondary N) is 1. The van der Waals surface area contributed by atoms with Gasteiger partial charge in [-0.3, -0.25) is 9.59 Å². The Bertz CT molecular complexity index is 491. The van der Waals surface area contributed by atoms with Gasteiger partial charge in [-0.05, 0) is 37.5 Å². The van der Waals surface area contributed by atoms with Crippen LogP contribution in [0, 0.1) is 0 Å². The third-order valence-electron chi connectivity index (χ3n) is 3.76. The summed E-state index contributed by atoms with van der Waals surface area (Å²) in [6.45, 7) is 3.65. The maximum Gasteiger partial charge on any atom is 0.253 e. The molecule has 1 aliphatic rings. The topological polar surface area (TPSA) is 49.4 Å². The Morgan fingerprint density at radius 3 is 2.52 bits per heavy atom. The number of amides is 2. The molecule has 1 aromatic carbocycles. The molecule has 0 saturated carbocycles. The molecule has 2 amide bonds. The molecule has 0 bridgehead atoms. The van der Waals surface area contributed by atoms with E-state index < -0.39 is 0 Å². The van der Waals surface area contributed by atoms with Crippen LogP contribution in [0.3, 0.4) is 0 Å². The number of carbonyl (C=O) groups excluding carboxylic acids is 2. The summed E-state index contributed by atoms with van der Waals surface area (Å²) < 4.78 is 0. The van der Waals surface area contributed by atoms with Crippen LogP contribution in [0.15, 0.2) is 24.3 Å². The molecule has 1 aliphatic heterocycles. The minimum atomic E-state index is -0.00290. The zero-order valence-corrected chi connectivity index (χ0v) is 12.7. The number of anilines is 1. The highest BCUT2D eigenvalue weighted by molar-refractivity contribution is 5.97. The van der Waals surface area contributed by atoms with E-state index in [0.717, 1.165) is 32.4 Å². The maximum absolute atomic E-state index is 12.5. The molecule has 1 fully saturated rings. The number of benzene rings is 1. The number of rotatable bonds is 4. The van der Waals surface area contributed by atoms with Crippen molar-refractivity contribution in [3.05, 3.63) is 29.8 Å². The predicted molar refractivity (Wildman–Crippen MR) is 84.4 cm³/mol. The molecule has 2 rings (SSSR count). The fraction of sp³-hybridized carbons (Fsp3) is 0.529. The number of hydrogen-bond donors (Lipinski definition) is 1. The van der Waals surface area contributed by atoms with Gasteiger partial charge in [0.05, 0.1) is 0 Å². The third-order valence-corrected chi connectivity index (χ3v) is 3.76. The highest BCUT2D eigenvalue weighted by Crippen LogP contribution is 2.16. The summed E-state index contributed by atoms with van der Waals surface area (Å²) in [7, 11) is 0. The first kappa shape index (κ1) is 15.5. The van der Waals surface area contributed by atoms with Crippen molar-refractivity contribution in [2.75, 3.05) is 18.4 Å². The smallest absolute Gasteiger partial charge is 0.253 e. The van der Waals surface area contributed by atoms with E-state index in [-0.39, 0.29) is 11.8 Å². The summed E-state index contributed by atoms with van der Waals surface area (Å²) in [5, 5.41) is 2.84. The van der Waals surface area contributed by atoms with Crippen LogP contribution in [0.5, 0.6) is 0 Å². The average molecular weight is 288 g/mol. The second-order valence-corrected chi connectivity index (χ2v) is 5.59. The van der Waals surface area contributed by atoms with Crippen LogP contribution in [0.1, 0.15) is 55.8 Å². The molecule has 4 heteroatoms. The lowest BCUT2D eigenvalue weighted by Gasteiger charge is -2.20. The SMILES string of the molecule is CCCC(=O)Nc1cccc(C(=O)N2CCCCCC2)c1. The van der Waals surface area contributed by atoms with Crippen molar-refractivity contribution in [1.82, 2.24) is 4.90 Å². The fourth-order valence-corrected chi connectivity index (χ4v) is 2.64. The zero-order chi connectivity index (χ0) is 15.1. The van der Waals surface area contributed by atoms with Crippen molar-refractivity contribution in [3.63, 3.8) is 0 Å². The molecule has 21 heavy (non-hydrogen) atoms. The largest absolute Gasteiger partial charge is 0.339 e. The number of nitrogens with zero attached hydrogens (tertiary/aromatic N) is 1. The van der Waals surface area contributed by atoms with Gasteiger partial charge in [-0.15, -0.1) is 0 Å². The van der Waals surface area contributed by atoms with Crippen LogP contribution in [0.2, 0.25) is 0 Å². The van der Waals surface area contributed by atoms with Gasteiger partial charge in [0.15, 0.2) is 0 Å². The van der Waals surface area contributed by atoms with E-state index in [4.69, 9.17) is 0 Å². The summed E-state index contributed by atoms with van der Waals surface area (Å²) in [4.78, 5) is 26.1. The summed E-state index contributed by atoms with van der Waals surface area (Å²) in [5.74, 6) is 0.0698. The van der Waals surface area contributed by atoms with Crippen LogP contribution in [0.25, 0.3) is 0 Å². The van der Waals surface area contributed by atoms with Gasteiger partial charge < -0.3 is 10.2 Å². The lowest BCUT2D eigenvalue weighted by atomic mass is 10.1. The van der Waals surface area contributed by atoms with Crippen molar-refractivity contribution >= 4 is 17.5 Å². The molecule has 1 saturated heterocycles. The van der Waals surface area contributed by atoms with E-state index in [9.17, 15) is 9.59 Å². The van der Waals surface area contributed by atoms with Gasteiger partial charge in [-0.25, -0.2) is 0 Å². The van der Waals surface area contributed by atoms with Crippen molar-refractivity contribution in [1.29, 1.82) is 0 Å². The first-order valence-corrected chi connectivity index (χ1v) is 7.90. The fourth-order valence-electron chi connectivity index (χ4n) is 2.64. The lowest BCUT2D eigenvalue weighted by Crippen LogP contribution is -2.31. The predicted octanol–water partition coefficient (Wildman–Crippen LogP) is 3.44. The van der Waals surface area contributed by atoms with Gasteiger partial charge in [0.1, 0.15) is 0 Å². The second kappa shape index (κ2) is 7.81. The van der Waals surface area contributed by atoms with Crippen molar-refractivity contribution in [2.24, 2.45) is 0 Å². The summed E-state index contributed by atoms with van der Waals surface area (Å²) in [5.41, 5.74) is 1.36. The van der Waals surface area contributed by atoms with Crippen LogP contribution in [0.4, 0.5) is 5.69 Å². The summed E-state index contributed by atoms with van der Waals surface area (Å²) in [6, 6.07) is 7.25. The molecule has 0 aromatic heterocycles. The Morgan fingerprint density at radius 1 is 1.14 bits per heavy atom.